The van der Waals surface area contributed by atoms with Crippen molar-refractivity contribution < 1.29 is 4.92 Å². The highest BCUT2D eigenvalue weighted by atomic mass is 16.6. The number of rotatable bonds is 4. The van der Waals surface area contributed by atoms with Crippen LogP contribution in [0, 0.1) is 24.0 Å². The molecule has 7 heteroatoms. The molecule has 0 spiro atoms. The van der Waals surface area contributed by atoms with Crippen LogP contribution in [0.2, 0.25) is 0 Å². The van der Waals surface area contributed by atoms with Gasteiger partial charge in [-0.05, 0) is 32.9 Å². The number of nitrogens with zero attached hydrogens (tertiary/aromatic N) is 4. The summed E-state index contributed by atoms with van der Waals surface area (Å²) in [6.07, 6.45) is 1.70. The number of nitro groups is 1. The third-order valence-electron chi connectivity index (χ3n) is 2.82. The highest BCUT2D eigenvalue weighted by Crippen LogP contribution is 2.20. The van der Waals surface area contributed by atoms with Crippen molar-refractivity contribution in [3.63, 3.8) is 0 Å². The van der Waals surface area contributed by atoms with Crippen molar-refractivity contribution in [3.05, 3.63) is 51.7 Å². The van der Waals surface area contributed by atoms with Gasteiger partial charge in [-0.3, -0.25) is 10.1 Å². The van der Waals surface area contributed by atoms with E-state index in [1.807, 2.05) is 19.9 Å². The molecule has 2 aromatic rings. The molecule has 0 saturated carbocycles. The minimum absolute atomic E-state index is 0.00927. The van der Waals surface area contributed by atoms with Crippen LogP contribution >= 0.6 is 0 Å². The second-order valence-corrected chi connectivity index (χ2v) is 4.48. The predicted molar refractivity (Wildman–Crippen MR) is 74.4 cm³/mol. The second kappa shape index (κ2) is 5.60. The van der Waals surface area contributed by atoms with Gasteiger partial charge in [0.25, 0.3) is 5.69 Å². The molecular weight excluding hydrogens is 258 g/mol. The Kier molecular flexibility index (Phi) is 3.88. The van der Waals surface area contributed by atoms with Crippen LogP contribution in [-0.4, -0.2) is 19.9 Å². The van der Waals surface area contributed by atoms with Crippen molar-refractivity contribution >= 4 is 11.5 Å². The molecule has 0 aliphatic rings. The van der Waals surface area contributed by atoms with E-state index in [0.29, 0.717) is 17.3 Å². The van der Waals surface area contributed by atoms with Crippen LogP contribution in [0.4, 0.5) is 11.5 Å². The number of hydrogen-bond acceptors (Lipinski definition) is 6. The SMILES string of the molecule is Cc1ccnc([C@@H](C)Nc2ccc([N+](=O)[O-])c(C)n2)n1. The number of pyridine rings is 1. The number of anilines is 1. The van der Waals surface area contributed by atoms with Crippen LogP contribution in [0.5, 0.6) is 0 Å². The van der Waals surface area contributed by atoms with Gasteiger partial charge in [-0.2, -0.15) is 0 Å². The molecule has 20 heavy (non-hydrogen) atoms. The highest BCUT2D eigenvalue weighted by Gasteiger charge is 2.14. The fraction of sp³-hybridized carbons (Fsp3) is 0.308. The van der Waals surface area contributed by atoms with Crippen molar-refractivity contribution in [1.29, 1.82) is 0 Å². The normalized spacial score (nSPS) is 11.9. The first-order valence-corrected chi connectivity index (χ1v) is 6.15. The number of aryl methyl sites for hydroxylation is 2. The summed E-state index contributed by atoms with van der Waals surface area (Å²) >= 11 is 0. The fourth-order valence-corrected chi connectivity index (χ4v) is 1.79. The molecule has 2 rings (SSSR count). The third-order valence-corrected chi connectivity index (χ3v) is 2.82. The summed E-state index contributed by atoms with van der Waals surface area (Å²) < 4.78 is 0. The lowest BCUT2D eigenvalue weighted by atomic mass is 10.2. The Morgan fingerprint density at radius 3 is 2.60 bits per heavy atom. The Balaban J connectivity index is 2.18. The fourth-order valence-electron chi connectivity index (χ4n) is 1.79. The smallest absolute Gasteiger partial charge is 0.290 e. The van der Waals surface area contributed by atoms with Gasteiger partial charge >= 0.3 is 0 Å². The first-order chi connectivity index (χ1) is 9.47. The molecule has 0 saturated heterocycles. The molecule has 1 atom stereocenters. The minimum atomic E-state index is -0.445. The van der Waals surface area contributed by atoms with Crippen LogP contribution in [0.15, 0.2) is 24.4 Å². The Morgan fingerprint density at radius 2 is 2.00 bits per heavy atom. The topological polar surface area (TPSA) is 93.8 Å². The van der Waals surface area contributed by atoms with Crippen molar-refractivity contribution in [2.24, 2.45) is 0 Å². The maximum Gasteiger partial charge on any atom is 0.290 e. The molecule has 2 aromatic heterocycles. The van der Waals surface area contributed by atoms with Crippen molar-refractivity contribution in [3.8, 4) is 0 Å². The molecular formula is C13H15N5O2. The highest BCUT2D eigenvalue weighted by molar-refractivity contribution is 5.45. The molecule has 0 bridgehead atoms. The van der Waals surface area contributed by atoms with Gasteiger partial charge in [0.15, 0.2) is 0 Å². The quantitative estimate of drug-likeness (QED) is 0.679. The van der Waals surface area contributed by atoms with Gasteiger partial charge in [0, 0.05) is 18.0 Å². The van der Waals surface area contributed by atoms with Crippen LogP contribution in [0.25, 0.3) is 0 Å². The van der Waals surface area contributed by atoms with Gasteiger partial charge in [-0.1, -0.05) is 0 Å². The van der Waals surface area contributed by atoms with Gasteiger partial charge < -0.3 is 5.32 Å². The average molecular weight is 273 g/mol. The first-order valence-electron chi connectivity index (χ1n) is 6.15. The number of nitrogens with one attached hydrogen (secondary N) is 1. The summed E-state index contributed by atoms with van der Waals surface area (Å²) in [6, 6.07) is 4.71. The largest absolute Gasteiger partial charge is 0.360 e. The van der Waals surface area contributed by atoms with Crippen molar-refractivity contribution in [2.45, 2.75) is 26.8 Å². The van der Waals surface area contributed by atoms with E-state index in [1.165, 1.54) is 6.07 Å². The van der Waals surface area contributed by atoms with Crippen LogP contribution in [-0.2, 0) is 0 Å². The van der Waals surface area contributed by atoms with E-state index in [2.05, 4.69) is 20.3 Å². The summed E-state index contributed by atoms with van der Waals surface area (Å²) in [5.41, 5.74) is 1.27. The predicted octanol–water partition coefficient (Wildman–Crippen LogP) is 2.57. The molecule has 0 aliphatic heterocycles. The van der Waals surface area contributed by atoms with E-state index in [9.17, 15) is 10.1 Å². The molecule has 0 radical (unpaired) electrons. The Morgan fingerprint density at radius 1 is 1.25 bits per heavy atom. The van der Waals surface area contributed by atoms with Crippen LogP contribution in [0.1, 0.15) is 30.2 Å². The second-order valence-electron chi connectivity index (χ2n) is 4.48. The maximum atomic E-state index is 10.7. The summed E-state index contributed by atoms with van der Waals surface area (Å²) in [5, 5.41) is 13.9. The van der Waals surface area contributed by atoms with E-state index in [-0.39, 0.29) is 11.7 Å². The Hall–Kier alpha value is -2.57. The van der Waals surface area contributed by atoms with Crippen molar-refractivity contribution in [1.82, 2.24) is 15.0 Å². The van der Waals surface area contributed by atoms with Gasteiger partial charge in [0.05, 0.1) is 11.0 Å². The van der Waals surface area contributed by atoms with E-state index in [4.69, 9.17) is 0 Å². The number of aromatic nitrogens is 3. The molecule has 0 aliphatic carbocycles. The zero-order valence-corrected chi connectivity index (χ0v) is 11.5. The molecule has 7 nitrogen and oxygen atoms in total. The molecule has 1 N–H and O–H groups in total. The van der Waals surface area contributed by atoms with Gasteiger partial charge in [-0.15, -0.1) is 0 Å². The first kappa shape index (κ1) is 13.9. The number of hydrogen-bond donors (Lipinski definition) is 1. The van der Waals surface area contributed by atoms with E-state index < -0.39 is 4.92 Å². The lowest BCUT2D eigenvalue weighted by Gasteiger charge is -2.13. The summed E-state index contributed by atoms with van der Waals surface area (Å²) in [7, 11) is 0. The average Bonchev–Trinajstić information content (AvgIpc) is 2.38. The van der Waals surface area contributed by atoms with E-state index in [1.54, 1.807) is 19.2 Å². The molecule has 0 unspecified atom stereocenters. The van der Waals surface area contributed by atoms with Gasteiger partial charge in [0.2, 0.25) is 0 Å². The van der Waals surface area contributed by atoms with Crippen molar-refractivity contribution in [2.75, 3.05) is 5.32 Å². The molecule has 0 fully saturated rings. The summed E-state index contributed by atoms with van der Waals surface area (Å²) in [4.78, 5) is 23.0. The maximum absolute atomic E-state index is 10.7. The third kappa shape index (κ3) is 3.05. The Labute approximate surface area is 116 Å². The standard InChI is InChI=1S/C13H15N5O2/c1-8-6-7-14-13(15-8)10(3)17-12-5-4-11(18(19)20)9(2)16-12/h4-7,10H,1-3H3,(H,16,17)/t10-/m1/s1. The zero-order valence-electron chi connectivity index (χ0n) is 11.5. The van der Waals surface area contributed by atoms with Gasteiger partial charge in [0.1, 0.15) is 17.3 Å². The lowest BCUT2D eigenvalue weighted by molar-refractivity contribution is -0.385. The lowest BCUT2D eigenvalue weighted by Crippen LogP contribution is -2.12. The van der Waals surface area contributed by atoms with E-state index in [0.717, 1.165) is 5.69 Å². The Bertz CT molecular complexity index is 644. The molecule has 0 amide bonds. The minimum Gasteiger partial charge on any atom is -0.360 e. The van der Waals surface area contributed by atoms with Gasteiger partial charge in [-0.25, -0.2) is 15.0 Å². The summed E-state index contributed by atoms with van der Waals surface area (Å²) in [5.74, 6) is 1.22. The van der Waals surface area contributed by atoms with E-state index >= 15 is 0 Å². The molecule has 104 valence electrons. The van der Waals surface area contributed by atoms with Crippen LogP contribution in [0.3, 0.4) is 0 Å². The molecule has 0 aromatic carbocycles. The molecule has 2 heterocycles. The monoisotopic (exact) mass is 273 g/mol. The summed E-state index contributed by atoms with van der Waals surface area (Å²) in [6.45, 7) is 5.41. The van der Waals surface area contributed by atoms with Crippen LogP contribution < -0.4 is 5.32 Å². The zero-order chi connectivity index (χ0) is 14.7.